The Morgan fingerprint density at radius 1 is 1.00 bits per heavy atom. The zero-order chi connectivity index (χ0) is 20.4. The minimum atomic E-state index is -1.60. The number of benzene rings is 1. The van der Waals surface area contributed by atoms with Crippen molar-refractivity contribution in [1.29, 1.82) is 15.8 Å². The van der Waals surface area contributed by atoms with Crippen LogP contribution in [-0.4, -0.2) is 4.98 Å². The summed E-state index contributed by atoms with van der Waals surface area (Å²) in [5, 5.41) is 30.0. The van der Waals surface area contributed by atoms with Gasteiger partial charge in [0.25, 0.3) is 0 Å². The highest BCUT2D eigenvalue weighted by Gasteiger charge is 2.54. The largest absolute Gasteiger partial charge is 0.399 e. The van der Waals surface area contributed by atoms with Crippen LogP contribution in [0, 0.1) is 45.3 Å². The van der Waals surface area contributed by atoms with Crippen LogP contribution >= 0.6 is 0 Å². The molecule has 0 saturated carbocycles. The molecule has 0 saturated heterocycles. The zero-order valence-corrected chi connectivity index (χ0v) is 15.8. The molecule has 1 aromatic carbocycles. The quantitative estimate of drug-likeness (QED) is 0.848. The number of rotatable bonds is 2. The van der Waals surface area contributed by atoms with Crippen molar-refractivity contribution in [2.45, 2.75) is 24.7 Å². The molecule has 5 nitrogen and oxygen atoms in total. The lowest BCUT2D eigenvalue weighted by Crippen LogP contribution is -2.43. The predicted molar refractivity (Wildman–Crippen MR) is 107 cm³/mol. The summed E-state index contributed by atoms with van der Waals surface area (Å²) in [5.41, 5.74) is 7.92. The second-order valence-corrected chi connectivity index (χ2v) is 7.54. The number of hydrogen-bond acceptors (Lipinski definition) is 5. The monoisotopic (exact) mass is 377 g/mol. The van der Waals surface area contributed by atoms with Crippen molar-refractivity contribution in [1.82, 2.24) is 4.98 Å². The Balaban J connectivity index is 1.93. The fraction of sp³-hybridized carbons (Fsp3) is 0.250. The van der Waals surface area contributed by atoms with Crippen molar-refractivity contribution in [2.24, 2.45) is 17.1 Å². The highest BCUT2D eigenvalue weighted by atomic mass is 14.7. The average Bonchev–Trinajstić information content (AvgIpc) is 2.79. The molecule has 29 heavy (non-hydrogen) atoms. The van der Waals surface area contributed by atoms with E-state index in [0.29, 0.717) is 0 Å². The van der Waals surface area contributed by atoms with Gasteiger partial charge in [0.15, 0.2) is 5.41 Å². The van der Waals surface area contributed by atoms with Crippen LogP contribution in [0.1, 0.15) is 35.8 Å². The molecule has 3 atom stereocenters. The van der Waals surface area contributed by atoms with Crippen molar-refractivity contribution in [2.75, 3.05) is 0 Å². The van der Waals surface area contributed by atoms with Gasteiger partial charge in [-0.05, 0) is 47.4 Å². The van der Waals surface area contributed by atoms with Gasteiger partial charge in [-0.2, -0.15) is 15.8 Å². The van der Waals surface area contributed by atoms with E-state index in [1.54, 1.807) is 18.5 Å². The molecule has 1 heterocycles. The molecule has 0 amide bonds. The lowest BCUT2D eigenvalue weighted by atomic mass is 9.55. The van der Waals surface area contributed by atoms with E-state index >= 15 is 0 Å². The van der Waals surface area contributed by atoms with Gasteiger partial charge in [0.1, 0.15) is 6.07 Å². The highest BCUT2D eigenvalue weighted by Crippen LogP contribution is 2.57. The Hall–Kier alpha value is -3.88. The molecule has 0 spiro atoms. The Bertz CT molecular complexity index is 1100. The van der Waals surface area contributed by atoms with E-state index in [2.05, 4.69) is 41.4 Å². The molecule has 0 fully saturated rings. The lowest BCUT2D eigenvalue weighted by Gasteiger charge is -2.44. The Kier molecular flexibility index (Phi) is 4.63. The number of hydrogen-bond donors (Lipinski definition) is 1. The topological polar surface area (TPSA) is 110 Å². The first-order valence-corrected chi connectivity index (χ1v) is 9.54. The molecule has 0 bridgehead atoms. The van der Waals surface area contributed by atoms with Crippen molar-refractivity contribution in [3.63, 3.8) is 0 Å². The van der Waals surface area contributed by atoms with Gasteiger partial charge in [-0.3, -0.25) is 4.98 Å². The standard InChI is InChI=1S/C24H19N5/c25-12-21-19-9-8-17(16-5-2-1-3-6-16)11-20(19)22(18-7-4-10-29-13-18)24(14-26,15-27)23(21)28/h1-7,9-10,13,17,20,22H,8,11,28H2/t17-,20-,22+/m0/s1. The van der Waals surface area contributed by atoms with Gasteiger partial charge < -0.3 is 5.73 Å². The minimum absolute atomic E-state index is 0.0551. The van der Waals surface area contributed by atoms with E-state index in [1.165, 1.54) is 5.56 Å². The number of nitriles is 3. The molecular weight excluding hydrogens is 358 g/mol. The van der Waals surface area contributed by atoms with Crippen LogP contribution < -0.4 is 5.73 Å². The number of nitrogens with zero attached hydrogens (tertiary/aromatic N) is 4. The number of nitrogens with two attached hydrogens (primary N) is 1. The highest BCUT2D eigenvalue weighted by molar-refractivity contribution is 5.59. The van der Waals surface area contributed by atoms with Crippen molar-refractivity contribution < 1.29 is 0 Å². The van der Waals surface area contributed by atoms with Gasteiger partial charge >= 0.3 is 0 Å². The van der Waals surface area contributed by atoms with Crippen LogP contribution in [0.2, 0.25) is 0 Å². The lowest BCUT2D eigenvalue weighted by molar-refractivity contribution is 0.302. The van der Waals surface area contributed by atoms with Gasteiger partial charge in [0.05, 0.1) is 23.4 Å². The van der Waals surface area contributed by atoms with E-state index in [4.69, 9.17) is 5.73 Å². The molecule has 1 aromatic heterocycles. The molecule has 5 heteroatoms. The minimum Gasteiger partial charge on any atom is -0.399 e. The maximum atomic E-state index is 10.1. The second kappa shape index (κ2) is 7.27. The predicted octanol–water partition coefficient (Wildman–Crippen LogP) is 4.07. The first kappa shape index (κ1) is 18.5. The van der Waals surface area contributed by atoms with E-state index < -0.39 is 11.3 Å². The van der Waals surface area contributed by atoms with Gasteiger partial charge in [0.2, 0.25) is 0 Å². The molecule has 140 valence electrons. The molecule has 2 aliphatic rings. The normalized spacial score (nSPS) is 25.0. The van der Waals surface area contributed by atoms with Gasteiger partial charge in [-0.15, -0.1) is 0 Å². The first-order chi connectivity index (χ1) is 14.2. The summed E-state index contributed by atoms with van der Waals surface area (Å²) in [7, 11) is 0. The third-order valence-corrected chi connectivity index (χ3v) is 6.19. The Morgan fingerprint density at radius 3 is 2.34 bits per heavy atom. The van der Waals surface area contributed by atoms with Crippen molar-refractivity contribution in [3.05, 3.63) is 88.9 Å². The van der Waals surface area contributed by atoms with E-state index in [0.717, 1.165) is 24.0 Å². The molecular formula is C24H19N5. The van der Waals surface area contributed by atoms with Crippen LogP contribution in [0.5, 0.6) is 0 Å². The third kappa shape index (κ3) is 2.78. The molecule has 2 aliphatic carbocycles. The summed E-state index contributed by atoms with van der Waals surface area (Å²) in [6.45, 7) is 0. The summed E-state index contributed by atoms with van der Waals surface area (Å²) in [6.07, 6.45) is 6.96. The van der Waals surface area contributed by atoms with Crippen molar-refractivity contribution in [3.8, 4) is 18.2 Å². The summed E-state index contributed by atoms with van der Waals surface area (Å²) >= 11 is 0. The van der Waals surface area contributed by atoms with Gasteiger partial charge in [-0.25, -0.2) is 0 Å². The van der Waals surface area contributed by atoms with E-state index in [9.17, 15) is 15.8 Å². The molecule has 2 N–H and O–H groups in total. The van der Waals surface area contributed by atoms with Crippen molar-refractivity contribution >= 4 is 0 Å². The first-order valence-electron chi connectivity index (χ1n) is 9.54. The smallest absolute Gasteiger partial charge is 0.191 e. The zero-order valence-electron chi connectivity index (χ0n) is 15.8. The van der Waals surface area contributed by atoms with Crippen LogP contribution in [0.4, 0.5) is 0 Å². The van der Waals surface area contributed by atoms with Gasteiger partial charge in [0, 0.05) is 18.3 Å². The molecule has 4 rings (SSSR count). The van der Waals surface area contributed by atoms with Crippen LogP contribution in [-0.2, 0) is 0 Å². The fourth-order valence-electron chi connectivity index (χ4n) is 4.82. The van der Waals surface area contributed by atoms with E-state index in [1.807, 2.05) is 24.3 Å². The molecule has 0 aliphatic heterocycles. The maximum absolute atomic E-state index is 10.1. The Labute approximate surface area is 170 Å². The number of pyridine rings is 1. The maximum Gasteiger partial charge on any atom is 0.191 e. The molecule has 0 radical (unpaired) electrons. The summed E-state index contributed by atoms with van der Waals surface area (Å²) < 4.78 is 0. The van der Waals surface area contributed by atoms with Crippen LogP contribution in [0.3, 0.4) is 0 Å². The molecule has 0 unspecified atom stereocenters. The summed E-state index contributed by atoms with van der Waals surface area (Å²) in [6, 6.07) is 20.4. The number of fused-ring (bicyclic) bond motifs is 1. The third-order valence-electron chi connectivity index (χ3n) is 6.19. The fourth-order valence-corrected chi connectivity index (χ4v) is 4.82. The second-order valence-electron chi connectivity index (χ2n) is 7.54. The number of aromatic nitrogens is 1. The van der Waals surface area contributed by atoms with Crippen LogP contribution in [0.15, 0.2) is 77.8 Å². The van der Waals surface area contributed by atoms with Gasteiger partial charge in [-0.1, -0.05) is 42.5 Å². The SMILES string of the molecule is N#CC1=C(N)C(C#N)(C#N)[C@H](c2cccnc2)[C@H]2C[C@@H](c3ccccc3)CC=C12. The van der Waals surface area contributed by atoms with E-state index in [-0.39, 0.29) is 23.1 Å². The van der Waals surface area contributed by atoms with Crippen LogP contribution in [0.25, 0.3) is 0 Å². The molecule has 2 aromatic rings. The Morgan fingerprint density at radius 2 is 1.72 bits per heavy atom. The summed E-state index contributed by atoms with van der Waals surface area (Å²) in [4.78, 5) is 4.21. The average molecular weight is 377 g/mol. The summed E-state index contributed by atoms with van der Waals surface area (Å²) in [5.74, 6) is -0.404. The number of allylic oxidation sites excluding steroid dienone is 4.